The molecule has 0 spiro atoms. The smallest absolute Gasteiger partial charge is 0.161 e. The minimum Gasteiger partial charge on any atom is -0.488 e. The van der Waals surface area contributed by atoms with Crippen molar-refractivity contribution in [2.75, 3.05) is 18.8 Å². The second-order valence-corrected chi connectivity index (χ2v) is 10.7. The average Bonchev–Trinajstić information content (AvgIpc) is 3.52. The van der Waals surface area contributed by atoms with E-state index in [9.17, 15) is 0 Å². The van der Waals surface area contributed by atoms with Crippen LogP contribution in [0.5, 0.6) is 11.5 Å². The summed E-state index contributed by atoms with van der Waals surface area (Å²) in [4.78, 5) is 5.04. The first kappa shape index (κ1) is 22.1. The number of nitrogens with one attached hydrogen (secondary N) is 1. The molecule has 1 aliphatic heterocycles. The molecule has 5 rings (SSSR count). The summed E-state index contributed by atoms with van der Waals surface area (Å²) in [5, 5.41) is 5.44. The Morgan fingerprint density at radius 2 is 2.00 bits per heavy atom. The number of hydrogen-bond acceptors (Lipinski definition) is 5. The standard InChI is InChI=1S/C26H29BrN2O2S/c1-3-32-23-14-22(31-19-11-12-28-15-19)21-13-20(18-9-10-18)24(27)26(25(21)29-23)30-16(2)17-7-5-4-6-8-17/h4-8,13-14,16,18-19,28H,3,9-12,15H2,1-2H3/t16-,19-/m0/s1. The second kappa shape index (κ2) is 9.62. The van der Waals surface area contributed by atoms with E-state index in [-0.39, 0.29) is 12.2 Å². The van der Waals surface area contributed by atoms with Crippen molar-refractivity contribution >= 4 is 38.6 Å². The Bertz CT molecular complexity index is 1100. The Hall–Kier alpha value is -1.76. The van der Waals surface area contributed by atoms with Crippen molar-refractivity contribution in [2.24, 2.45) is 0 Å². The van der Waals surface area contributed by atoms with Gasteiger partial charge in [0.25, 0.3) is 0 Å². The number of hydrogen-bond donors (Lipinski definition) is 1. The minimum absolute atomic E-state index is 0.0853. The molecule has 32 heavy (non-hydrogen) atoms. The van der Waals surface area contributed by atoms with Crippen LogP contribution >= 0.6 is 27.7 Å². The molecule has 4 nitrogen and oxygen atoms in total. The zero-order chi connectivity index (χ0) is 22.1. The molecular weight excluding hydrogens is 484 g/mol. The Balaban J connectivity index is 1.64. The van der Waals surface area contributed by atoms with Gasteiger partial charge in [0.2, 0.25) is 0 Å². The monoisotopic (exact) mass is 512 g/mol. The van der Waals surface area contributed by atoms with Crippen molar-refractivity contribution in [2.45, 2.75) is 56.3 Å². The summed E-state index contributed by atoms with van der Waals surface area (Å²) in [7, 11) is 0. The summed E-state index contributed by atoms with van der Waals surface area (Å²) in [6.45, 7) is 6.15. The molecule has 1 N–H and O–H groups in total. The summed E-state index contributed by atoms with van der Waals surface area (Å²) in [5.41, 5.74) is 3.33. The number of fused-ring (bicyclic) bond motifs is 1. The summed E-state index contributed by atoms with van der Waals surface area (Å²) < 4.78 is 14.2. The third kappa shape index (κ3) is 4.63. The second-order valence-electron chi connectivity index (χ2n) is 8.57. The van der Waals surface area contributed by atoms with Crippen LogP contribution in [-0.2, 0) is 0 Å². The van der Waals surface area contributed by atoms with Gasteiger partial charge in [-0.1, -0.05) is 37.3 Å². The van der Waals surface area contributed by atoms with E-state index in [2.05, 4.69) is 71.5 Å². The highest BCUT2D eigenvalue weighted by Gasteiger charge is 2.30. The van der Waals surface area contributed by atoms with Gasteiger partial charge in [-0.3, -0.25) is 0 Å². The van der Waals surface area contributed by atoms with E-state index in [1.54, 1.807) is 11.8 Å². The SMILES string of the molecule is CCSc1cc(O[C@H]2CCNC2)c2cc(C3CC3)c(Br)c(O[C@@H](C)c3ccccc3)c2n1. The highest BCUT2D eigenvalue weighted by Crippen LogP contribution is 2.50. The van der Waals surface area contributed by atoms with Crippen LogP contribution in [0.4, 0.5) is 0 Å². The minimum atomic E-state index is -0.0853. The summed E-state index contributed by atoms with van der Waals surface area (Å²) in [5.74, 6) is 3.29. The van der Waals surface area contributed by atoms with Gasteiger partial charge in [0, 0.05) is 18.0 Å². The normalized spacial score (nSPS) is 19.3. The zero-order valence-corrected chi connectivity index (χ0v) is 21.0. The molecule has 2 fully saturated rings. The lowest BCUT2D eigenvalue weighted by Crippen LogP contribution is -2.19. The predicted octanol–water partition coefficient (Wildman–Crippen LogP) is 6.87. The van der Waals surface area contributed by atoms with Gasteiger partial charge in [-0.05, 0) is 77.5 Å². The lowest BCUT2D eigenvalue weighted by Gasteiger charge is -2.22. The van der Waals surface area contributed by atoms with Crippen LogP contribution in [0.25, 0.3) is 10.9 Å². The van der Waals surface area contributed by atoms with Gasteiger partial charge in [-0.25, -0.2) is 4.98 Å². The fourth-order valence-electron chi connectivity index (χ4n) is 4.27. The molecule has 1 saturated carbocycles. The Kier molecular flexibility index (Phi) is 6.63. The number of benzene rings is 2. The van der Waals surface area contributed by atoms with Crippen LogP contribution in [0.1, 0.15) is 56.3 Å². The maximum Gasteiger partial charge on any atom is 0.161 e. The van der Waals surface area contributed by atoms with Crippen molar-refractivity contribution in [3.63, 3.8) is 0 Å². The van der Waals surface area contributed by atoms with Crippen LogP contribution in [0.3, 0.4) is 0 Å². The quantitative estimate of drug-likeness (QED) is 0.333. The summed E-state index contributed by atoms with van der Waals surface area (Å²) in [6.07, 6.45) is 3.58. The molecule has 1 saturated heterocycles. The molecule has 2 heterocycles. The highest BCUT2D eigenvalue weighted by atomic mass is 79.9. The molecule has 6 heteroatoms. The number of thioether (sulfide) groups is 1. The van der Waals surface area contributed by atoms with Crippen LogP contribution in [0.2, 0.25) is 0 Å². The molecule has 2 atom stereocenters. The van der Waals surface area contributed by atoms with Crippen LogP contribution in [0, 0.1) is 0 Å². The molecule has 2 aromatic carbocycles. The number of nitrogens with zero attached hydrogens (tertiary/aromatic N) is 1. The van der Waals surface area contributed by atoms with Crippen molar-refractivity contribution in [3.8, 4) is 11.5 Å². The van der Waals surface area contributed by atoms with Gasteiger partial charge < -0.3 is 14.8 Å². The lowest BCUT2D eigenvalue weighted by atomic mass is 10.0. The van der Waals surface area contributed by atoms with Crippen LogP contribution in [0.15, 0.2) is 52.0 Å². The van der Waals surface area contributed by atoms with Gasteiger partial charge in [0.15, 0.2) is 5.75 Å². The topological polar surface area (TPSA) is 43.4 Å². The summed E-state index contributed by atoms with van der Waals surface area (Å²) >= 11 is 5.64. The highest BCUT2D eigenvalue weighted by molar-refractivity contribution is 9.10. The first-order valence-electron chi connectivity index (χ1n) is 11.5. The third-order valence-electron chi connectivity index (χ3n) is 6.15. The van der Waals surface area contributed by atoms with Crippen molar-refractivity contribution in [3.05, 3.63) is 58.1 Å². The van der Waals surface area contributed by atoms with Crippen LogP contribution in [-0.4, -0.2) is 29.9 Å². The van der Waals surface area contributed by atoms with E-state index < -0.39 is 0 Å². The van der Waals surface area contributed by atoms with E-state index in [1.165, 1.54) is 18.4 Å². The van der Waals surface area contributed by atoms with Crippen molar-refractivity contribution < 1.29 is 9.47 Å². The average molecular weight is 514 g/mol. The largest absolute Gasteiger partial charge is 0.488 e. The number of halogens is 1. The van der Waals surface area contributed by atoms with Crippen molar-refractivity contribution in [1.82, 2.24) is 10.3 Å². The molecule has 1 aromatic heterocycles. The molecule has 0 radical (unpaired) electrons. The van der Waals surface area contributed by atoms with Crippen molar-refractivity contribution in [1.29, 1.82) is 0 Å². The molecule has 0 amide bonds. The Labute approximate surface area is 202 Å². The first-order valence-corrected chi connectivity index (χ1v) is 13.3. The van der Waals surface area contributed by atoms with Gasteiger partial charge in [-0.2, -0.15) is 0 Å². The fourth-order valence-corrected chi connectivity index (χ4v) is 5.63. The molecule has 0 unspecified atom stereocenters. The molecule has 1 aliphatic carbocycles. The Morgan fingerprint density at radius 1 is 1.19 bits per heavy atom. The Morgan fingerprint density at radius 3 is 2.69 bits per heavy atom. The zero-order valence-electron chi connectivity index (χ0n) is 18.6. The molecule has 0 bridgehead atoms. The number of rotatable bonds is 8. The van der Waals surface area contributed by atoms with E-state index in [0.29, 0.717) is 5.92 Å². The predicted molar refractivity (Wildman–Crippen MR) is 135 cm³/mol. The molecule has 168 valence electrons. The summed E-state index contributed by atoms with van der Waals surface area (Å²) in [6, 6.07) is 14.8. The van der Waals surface area contributed by atoms with Gasteiger partial charge in [0.1, 0.15) is 28.5 Å². The van der Waals surface area contributed by atoms with Gasteiger partial charge in [0.05, 0.1) is 4.47 Å². The van der Waals surface area contributed by atoms with E-state index in [0.717, 1.165) is 62.7 Å². The van der Waals surface area contributed by atoms with Gasteiger partial charge >= 0.3 is 0 Å². The number of pyridine rings is 1. The van der Waals surface area contributed by atoms with E-state index >= 15 is 0 Å². The molecule has 3 aromatic rings. The van der Waals surface area contributed by atoms with E-state index in [1.807, 2.05) is 6.07 Å². The van der Waals surface area contributed by atoms with Crippen LogP contribution < -0.4 is 14.8 Å². The number of aromatic nitrogens is 1. The fraction of sp³-hybridized carbons (Fsp3) is 0.423. The van der Waals surface area contributed by atoms with Gasteiger partial charge in [-0.15, -0.1) is 11.8 Å². The maximum atomic E-state index is 6.63. The van der Waals surface area contributed by atoms with E-state index in [4.69, 9.17) is 14.5 Å². The lowest BCUT2D eigenvalue weighted by molar-refractivity contribution is 0.223. The third-order valence-corrected chi connectivity index (χ3v) is 7.76. The molecular formula is C26H29BrN2O2S. The number of ether oxygens (including phenoxy) is 2. The maximum absolute atomic E-state index is 6.63. The molecule has 2 aliphatic rings. The first-order chi connectivity index (χ1) is 15.6.